The summed E-state index contributed by atoms with van der Waals surface area (Å²) in [6, 6.07) is 0. The smallest absolute Gasteiger partial charge is 0.258 e. The molecule has 0 aliphatic heterocycles. The van der Waals surface area contributed by atoms with Gasteiger partial charge in [-0.2, -0.15) is 0 Å². The summed E-state index contributed by atoms with van der Waals surface area (Å²) in [5, 5.41) is 0.160. The summed E-state index contributed by atoms with van der Waals surface area (Å²) >= 11 is 0. The highest BCUT2D eigenvalue weighted by atomic mass is 32.2. The number of hydrogen-bond donors (Lipinski definition) is 2. The summed E-state index contributed by atoms with van der Waals surface area (Å²) in [7, 11) is -3.41. The molecule has 1 aliphatic rings. The van der Waals surface area contributed by atoms with Crippen LogP contribution in [0.3, 0.4) is 0 Å². The minimum absolute atomic E-state index is 0.160. The fraction of sp³-hybridized carbons (Fsp3) is 0.667. The second kappa shape index (κ2) is 3.31. The van der Waals surface area contributed by atoms with Crippen LogP contribution in [0, 0.1) is 0 Å². The van der Waals surface area contributed by atoms with Gasteiger partial charge in [-0.05, 0) is 19.8 Å². The van der Waals surface area contributed by atoms with Crippen LogP contribution in [0.5, 0.6) is 0 Å². The molecule has 0 spiro atoms. The monoisotopic (exact) mass is 229 g/mol. The third kappa shape index (κ3) is 2.21. The zero-order chi connectivity index (χ0) is 11.1. The molecular formula is C9H15N3O2S. The predicted molar refractivity (Wildman–Crippen MR) is 55.9 cm³/mol. The lowest BCUT2D eigenvalue weighted by Crippen LogP contribution is -2.34. The van der Waals surface area contributed by atoms with E-state index in [4.69, 9.17) is 0 Å². The first-order valence-electron chi connectivity index (χ1n) is 5.03. The van der Waals surface area contributed by atoms with Crippen LogP contribution >= 0.6 is 0 Å². The highest BCUT2D eigenvalue weighted by molar-refractivity contribution is 7.89. The van der Waals surface area contributed by atoms with E-state index in [9.17, 15) is 8.42 Å². The van der Waals surface area contributed by atoms with E-state index < -0.39 is 10.0 Å². The molecule has 2 rings (SSSR count). The third-order valence-electron chi connectivity index (χ3n) is 2.61. The fourth-order valence-electron chi connectivity index (χ4n) is 1.33. The number of imidazole rings is 1. The molecule has 0 atom stereocenters. The molecule has 0 radical (unpaired) electrons. The van der Waals surface area contributed by atoms with Gasteiger partial charge in [0.15, 0.2) is 5.03 Å². The molecule has 1 aliphatic carbocycles. The summed E-state index contributed by atoms with van der Waals surface area (Å²) in [4.78, 5) is 6.77. The zero-order valence-electron chi connectivity index (χ0n) is 8.87. The standard InChI is InChI=1S/C9H15N3O2S/c1-3-7-10-6-8(11-7)15(13,14)12-9(2)4-5-9/h6,12H,3-5H2,1-2H3,(H,10,11). The Kier molecular flexibility index (Phi) is 2.35. The van der Waals surface area contributed by atoms with Crippen molar-refractivity contribution in [1.29, 1.82) is 0 Å². The highest BCUT2D eigenvalue weighted by Gasteiger charge is 2.41. The average Bonchev–Trinajstić information content (AvgIpc) is 2.71. The van der Waals surface area contributed by atoms with Crippen LogP contribution in [0.1, 0.15) is 32.5 Å². The molecule has 1 saturated carbocycles. The number of sulfonamides is 1. The van der Waals surface area contributed by atoms with Gasteiger partial charge < -0.3 is 4.98 Å². The Balaban J connectivity index is 2.21. The molecular weight excluding hydrogens is 214 g/mol. The minimum atomic E-state index is -3.41. The Morgan fingerprint density at radius 1 is 1.60 bits per heavy atom. The molecule has 0 saturated heterocycles. The lowest BCUT2D eigenvalue weighted by molar-refractivity contribution is 0.555. The van der Waals surface area contributed by atoms with Gasteiger partial charge in [0, 0.05) is 12.0 Å². The first-order valence-corrected chi connectivity index (χ1v) is 6.51. The van der Waals surface area contributed by atoms with Crippen LogP contribution < -0.4 is 4.72 Å². The van der Waals surface area contributed by atoms with E-state index in [2.05, 4.69) is 14.7 Å². The molecule has 0 aromatic carbocycles. The number of nitrogens with one attached hydrogen (secondary N) is 2. The summed E-state index contributed by atoms with van der Waals surface area (Å²) in [5.41, 5.74) is -0.240. The first-order chi connectivity index (χ1) is 6.95. The molecule has 15 heavy (non-hydrogen) atoms. The third-order valence-corrected chi connectivity index (χ3v) is 4.16. The average molecular weight is 229 g/mol. The van der Waals surface area contributed by atoms with Gasteiger partial charge in [-0.15, -0.1) is 0 Å². The number of rotatable bonds is 4. The SMILES string of the molecule is CCc1ncc(S(=O)(=O)NC2(C)CC2)[nH]1. The van der Waals surface area contributed by atoms with Crippen molar-refractivity contribution in [3.8, 4) is 0 Å². The van der Waals surface area contributed by atoms with E-state index in [0.29, 0.717) is 12.2 Å². The maximum absolute atomic E-state index is 11.8. The molecule has 0 unspecified atom stereocenters. The Labute approximate surface area is 89.4 Å². The number of aromatic nitrogens is 2. The van der Waals surface area contributed by atoms with Crippen LogP contribution in [0.25, 0.3) is 0 Å². The summed E-state index contributed by atoms with van der Waals surface area (Å²) in [6.07, 6.45) is 3.88. The van der Waals surface area contributed by atoms with Crippen molar-refractivity contribution in [2.75, 3.05) is 0 Å². The molecule has 0 amide bonds. The van der Waals surface area contributed by atoms with Crippen LogP contribution in [0.15, 0.2) is 11.2 Å². The second-order valence-corrected chi connectivity index (χ2v) is 5.86. The summed E-state index contributed by atoms with van der Waals surface area (Å²) < 4.78 is 26.3. The maximum Gasteiger partial charge on any atom is 0.258 e. The van der Waals surface area contributed by atoms with E-state index in [-0.39, 0.29) is 10.6 Å². The molecule has 2 N–H and O–H groups in total. The Morgan fingerprint density at radius 3 is 2.73 bits per heavy atom. The summed E-state index contributed by atoms with van der Waals surface area (Å²) in [5.74, 6) is 0.691. The van der Waals surface area contributed by atoms with Crippen LogP contribution in [-0.4, -0.2) is 23.9 Å². The molecule has 0 bridgehead atoms. The minimum Gasteiger partial charge on any atom is -0.332 e. The molecule has 1 heterocycles. The Morgan fingerprint density at radius 2 is 2.27 bits per heavy atom. The predicted octanol–water partition coefficient (Wildman–Crippen LogP) is 0.803. The van der Waals surface area contributed by atoms with Gasteiger partial charge in [-0.1, -0.05) is 6.92 Å². The number of aryl methyl sites for hydroxylation is 1. The largest absolute Gasteiger partial charge is 0.332 e. The quantitative estimate of drug-likeness (QED) is 0.802. The van der Waals surface area contributed by atoms with E-state index in [1.807, 2.05) is 13.8 Å². The number of aromatic amines is 1. The number of hydrogen-bond acceptors (Lipinski definition) is 3. The first kappa shape index (κ1) is 10.6. The van der Waals surface area contributed by atoms with Crippen LogP contribution in [0.4, 0.5) is 0 Å². The van der Waals surface area contributed by atoms with Crippen molar-refractivity contribution in [2.45, 2.75) is 43.7 Å². The van der Waals surface area contributed by atoms with Gasteiger partial charge in [0.25, 0.3) is 10.0 Å². The van der Waals surface area contributed by atoms with Crippen molar-refractivity contribution < 1.29 is 8.42 Å². The van der Waals surface area contributed by atoms with Gasteiger partial charge in [0.1, 0.15) is 5.82 Å². The van der Waals surface area contributed by atoms with Gasteiger partial charge in [-0.25, -0.2) is 18.1 Å². The molecule has 1 fully saturated rings. The van der Waals surface area contributed by atoms with Crippen molar-refractivity contribution in [1.82, 2.24) is 14.7 Å². The Bertz CT molecular complexity index is 459. The van der Waals surface area contributed by atoms with Crippen molar-refractivity contribution in [2.24, 2.45) is 0 Å². The highest BCUT2D eigenvalue weighted by Crippen LogP contribution is 2.35. The van der Waals surface area contributed by atoms with E-state index in [1.54, 1.807) is 0 Å². The number of H-pyrrole nitrogens is 1. The van der Waals surface area contributed by atoms with Crippen molar-refractivity contribution in [3.63, 3.8) is 0 Å². The maximum atomic E-state index is 11.8. The van der Waals surface area contributed by atoms with Crippen LogP contribution in [0.2, 0.25) is 0 Å². The molecule has 6 heteroatoms. The van der Waals surface area contributed by atoms with Crippen LogP contribution in [-0.2, 0) is 16.4 Å². The molecule has 1 aromatic heterocycles. The van der Waals surface area contributed by atoms with Crippen molar-refractivity contribution in [3.05, 3.63) is 12.0 Å². The normalized spacial score (nSPS) is 19.1. The summed E-state index contributed by atoms with van der Waals surface area (Å²) in [6.45, 7) is 3.83. The molecule has 1 aromatic rings. The van der Waals surface area contributed by atoms with E-state index in [0.717, 1.165) is 12.8 Å². The molecule has 5 nitrogen and oxygen atoms in total. The Hall–Kier alpha value is -0.880. The van der Waals surface area contributed by atoms with Gasteiger partial charge >= 0.3 is 0 Å². The fourth-order valence-corrected chi connectivity index (χ4v) is 2.73. The van der Waals surface area contributed by atoms with Crippen molar-refractivity contribution >= 4 is 10.0 Å². The van der Waals surface area contributed by atoms with Gasteiger partial charge in [0.2, 0.25) is 0 Å². The zero-order valence-corrected chi connectivity index (χ0v) is 9.69. The van der Waals surface area contributed by atoms with E-state index >= 15 is 0 Å². The van der Waals surface area contributed by atoms with Gasteiger partial charge in [0.05, 0.1) is 6.20 Å². The lowest BCUT2D eigenvalue weighted by Gasteiger charge is -2.09. The lowest BCUT2D eigenvalue weighted by atomic mass is 10.4. The molecule has 84 valence electrons. The van der Waals surface area contributed by atoms with E-state index in [1.165, 1.54) is 6.20 Å². The van der Waals surface area contributed by atoms with Gasteiger partial charge in [-0.3, -0.25) is 0 Å². The second-order valence-electron chi connectivity index (χ2n) is 4.21. The topological polar surface area (TPSA) is 74.8 Å². The number of nitrogens with zero attached hydrogens (tertiary/aromatic N) is 1.